The maximum absolute atomic E-state index is 11.6. The molecule has 5 heteroatoms. The van der Waals surface area contributed by atoms with Crippen LogP contribution in [0.25, 0.3) is 11.0 Å². The van der Waals surface area contributed by atoms with Crippen molar-refractivity contribution >= 4 is 28.5 Å². The number of carbonyl (C=O) groups excluding carboxylic acids is 1. The minimum absolute atomic E-state index is 0.452. The number of halogens is 1. The molecule has 2 heterocycles. The van der Waals surface area contributed by atoms with Gasteiger partial charge < -0.3 is 10.3 Å². The van der Waals surface area contributed by atoms with Crippen LogP contribution in [0.4, 0.5) is 0 Å². The zero-order chi connectivity index (χ0) is 14.1. The molecular formula is C15H12ClN3O. The van der Waals surface area contributed by atoms with Crippen LogP contribution >= 0.6 is 11.6 Å². The third kappa shape index (κ3) is 2.26. The quantitative estimate of drug-likeness (QED) is 0.804. The molecule has 0 saturated heterocycles. The highest BCUT2D eigenvalue weighted by Crippen LogP contribution is 2.20. The van der Waals surface area contributed by atoms with E-state index in [0.29, 0.717) is 17.3 Å². The van der Waals surface area contributed by atoms with Gasteiger partial charge in [0.15, 0.2) is 0 Å². The summed E-state index contributed by atoms with van der Waals surface area (Å²) >= 11 is 5.88. The first-order valence-corrected chi connectivity index (χ1v) is 6.51. The van der Waals surface area contributed by atoms with Gasteiger partial charge in [-0.2, -0.15) is 0 Å². The van der Waals surface area contributed by atoms with Crippen LogP contribution in [0.3, 0.4) is 0 Å². The lowest BCUT2D eigenvalue weighted by Gasteiger charge is -2.09. The number of benzene rings is 1. The third-order valence-electron chi connectivity index (χ3n) is 3.18. The fraction of sp³-hybridized carbons (Fsp3) is 0.0667. The van der Waals surface area contributed by atoms with Gasteiger partial charge in [-0.25, -0.2) is 0 Å². The first-order chi connectivity index (χ1) is 9.65. The minimum Gasteiger partial charge on any atom is -0.364 e. The van der Waals surface area contributed by atoms with Crippen molar-refractivity contribution in [2.75, 3.05) is 0 Å². The molecule has 20 heavy (non-hydrogen) atoms. The predicted molar refractivity (Wildman–Crippen MR) is 78.8 cm³/mol. The number of nitrogens with two attached hydrogens (primary N) is 1. The standard InChI is InChI=1S/C15H12ClN3O/c16-11-5-3-10(4-6-11)9-19-13-2-1-7-18-12(13)8-14(19)15(17)20/h1-8H,9H2,(H2,17,20). The van der Waals surface area contributed by atoms with E-state index in [-0.39, 0.29) is 0 Å². The van der Waals surface area contributed by atoms with Gasteiger partial charge in [0.05, 0.1) is 11.0 Å². The Hall–Kier alpha value is -2.33. The largest absolute Gasteiger partial charge is 0.364 e. The monoisotopic (exact) mass is 285 g/mol. The molecule has 4 nitrogen and oxygen atoms in total. The molecule has 0 fully saturated rings. The van der Waals surface area contributed by atoms with Crippen LogP contribution in [0, 0.1) is 0 Å². The molecule has 2 N–H and O–H groups in total. The van der Waals surface area contributed by atoms with Gasteiger partial charge in [0.2, 0.25) is 0 Å². The van der Waals surface area contributed by atoms with Crippen molar-refractivity contribution < 1.29 is 4.79 Å². The molecule has 100 valence electrons. The number of amides is 1. The summed E-state index contributed by atoms with van der Waals surface area (Å²) in [6, 6.07) is 13.0. The second kappa shape index (κ2) is 4.98. The SMILES string of the molecule is NC(=O)c1cc2ncccc2n1Cc1ccc(Cl)cc1. The number of rotatable bonds is 3. The summed E-state index contributed by atoms with van der Waals surface area (Å²) < 4.78 is 1.87. The highest BCUT2D eigenvalue weighted by atomic mass is 35.5. The van der Waals surface area contributed by atoms with E-state index in [9.17, 15) is 4.79 Å². The van der Waals surface area contributed by atoms with E-state index in [0.717, 1.165) is 16.6 Å². The van der Waals surface area contributed by atoms with Gasteiger partial charge in [-0.1, -0.05) is 23.7 Å². The van der Waals surface area contributed by atoms with Crippen LogP contribution in [0.5, 0.6) is 0 Å². The number of aromatic nitrogens is 2. The maximum Gasteiger partial charge on any atom is 0.265 e. The first kappa shape index (κ1) is 12.7. The number of nitrogens with zero attached hydrogens (tertiary/aromatic N) is 2. The molecule has 0 bridgehead atoms. The number of hydrogen-bond acceptors (Lipinski definition) is 2. The van der Waals surface area contributed by atoms with Gasteiger partial charge in [0.1, 0.15) is 5.69 Å². The van der Waals surface area contributed by atoms with E-state index >= 15 is 0 Å². The van der Waals surface area contributed by atoms with Gasteiger partial charge >= 0.3 is 0 Å². The highest BCUT2D eigenvalue weighted by Gasteiger charge is 2.13. The summed E-state index contributed by atoms with van der Waals surface area (Å²) in [5.41, 5.74) is 8.58. The summed E-state index contributed by atoms with van der Waals surface area (Å²) in [5, 5.41) is 0.683. The highest BCUT2D eigenvalue weighted by molar-refractivity contribution is 6.30. The molecule has 0 aliphatic rings. The van der Waals surface area contributed by atoms with Crippen LogP contribution in [-0.2, 0) is 6.54 Å². The van der Waals surface area contributed by atoms with Crippen molar-refractivity contribution in [1.82, 2.24) is 9.55 Å². The number of hydrogen-bond donors (Lipinski definition) is 1. The number of pyridine rings is 1. The normalized spacial score (nSPS) is 10.8. The molecule has 0 spiro atoms. The average Bonchev–Trinajstić information content (AvgIpc) is 2.81. The molecule has 0 aliphatic carbocycles. The Kier molecular flexibility index (Phi) is 3.16. The summed E-state index contributed by atoms with van der Waals surface area (Å²) in [7, 11) is 0. The smallest absolute Gasteiger partial charge is 0.265 e. The molecule has 0 radical (unpaired) electrons. The minimum atomic E-state index is -0.461. The van der Waals surface area contributed by atoms with Crippen LogP contribution in [0.1, 0.15) is 16.1 Å². The zero-order valence-electron chi connectivity index (χ0n) is 10.6. The summed E-state index contributed by atoms with van der Waals surface area (Å²) in [6.45, 7) is 0.546. The van der Waals surface area contributed by atoms with Gasteiger partial charge in [-0.15, -0.1) is 0 Å². The Morgan fingerprint density at radius 3 is 2.70 bits per heavy atom. The van der Waals surface area contributed by atoms with Crippen molar-refractivity contribution in [2.45, 2.75) is 6.54 Å². The second-order valence-corrected chi connectivity index (χ2v) is 4.95. The summed E-state index contributed by atoms with van der Waals surface area (Å²) in [5.74, 6) is -0.461. The molecule has 1 amide bonds. The van der Waals surface area contributed by atoms with E-state index in [1.165, 1.54) is 0 Å². The molecule has 3 rings (SSSR count). The number of primary amides is 1. The van der Waals surface area contributed by atoms with Crippen molar-refractivity contribution in [3.63, 3.8) is 0 Å². The average molecular weight is 286 g/mol. The fourth-order valence-electron chi connectivity index (χ4n) is 2.23. The Morgan fingerprint density at radius 2 is 2.00 bits per heavy atom. The molecule has 1 aromatic carbocycles. The Balaban J connectivity index is 2.11. The number of fused-ring (bicyclic) bond motifs is 1. The molecule has 0 saturated carbocycles. The van der Waals surface area contributed by atoms with Gasteiger partial charge in [0, 0.05) is 17.8 Å². The van der Waals surface area contributed by atoms with Crippen molar-refractivity contribution in [2.24, 2.45) is 5.73 Å². The Bertz CT molecular complexity index is 777. The number of carbonyl (C=O) groups is 1. The Labute approximate surface area is 120 Å². The van der Waals surface area contributed by atoms with E-state index in [1.807, 2.05) is 41.0 Å². The van der Waals surface area contributed by atoms with Gasteiger partial charge in [0.25, 0.3) is 5.91 Å². The fourth-order valence-corrected chi connectivity index (χ4v) is 2.36. The lowest BCUT2D eigenvalue weighted by atomic mass is 10.2. The van der Waals surface area contributed by atoms with Crippen molar-refractivity contribution in [3.05, 3.63) is 64.9 Å². The molecular weight excluding hydrogens is 274 g/mol. The lowest BCUT2D eigenvalue weighted by molar-refractivity contribution is 0.0992. The van der Waals surface area contributed by atoms with Gasteiger partial charge in [-0.05, 0) is 35.9 Å². The van der Waals surface area contributed by atoms with E-state index < -0.39 is 5.91 Å². The summed E-state index contributed by atoms with van der Waals surface area (Å²) in [6.07, 6.45) is 1.69. The zero-order valence-corrected chi connectivity index (χ0v) is 11.3. The van der Waals surface area contributed by atoms with E-state index in [2.05, 4.69) is 4.98 Å². The van der Waals surface area contributed by atoms with Crippen molar-refractivity contribution in [1.29, 1.82) is 0 Å². The Morgan fingerprint density at radius 1 is 1.25 bits per heavy atom. The van der Waals surface area contributed by atoms with E-state index in [1.54, 1.807) is 12.3 Å². The maximum atomic E-state index is 11.6. The van der Waals surface area contributed by atoms with E-state index in [4.69, 9.17) is 17.3 Å². The predicted octanol–water partition coefficient (Wildman–Crippen LogP) is 2.84. The van der Waals surface area contributed by atoms with Gasteiger partial charge in [-0.3, -0.25) is 9.78 Å². The second-order valence-electron chi connectivity index (χ2n) is 4.51. The molecule has 0 atom stereocenters. The molecule has 0 aliphatic heterocycles. The lowest BCUT2D eigenvalue weighted by Crippen LogP contribution is -2.17. The van der Waals surface area contributed by atoms with Crippen LogP contribution < -0.4 is 5.73 Å². The molecule has 0 unspecified atom stereocenters. The topological polar surface area (TPSA) is 60.9 Å². The van der Waals surface area contributed by atoms with Crippen LogP contribution in [0.15, 0.2) is 48.7 Å². The van der Waals surface area contributed by atoms with Crippen LogP contribution in [-0.4, -0.2) is 15.5 Å². The van der Waals surface area contributed by atoms with Crippen LogP contribution in [0.2, 0.25) is 5.02 Å². The van der Waals surface area contributed by atoms with Crippen molar-refractivity contribution in [3.8, 4) is 0 Å². The first-order valence-electron chi connectivity index (χ1n) is 6.13. The third-order valence-corrected chi connectivity index (χ3v) is 3.43. The molecule has 3 aromatic rings. The molecule has 2 aromatic heterocycles. The summed E-state index contributed by atoms with van der Waals surface area (Å²) in [4.78, 5) is 15.8.